The number of halogens is 5. The maximum Gasteiger partial charge on any atom is 0.200 e. The first-order valence-corrected chi connectivity index (χ1v) is 23.9. The van der Waals surface area contributed by atoms with Gasteiger partial charge in [-0.15, -0.1) is 0 Å². The Hall–Kier alpha value is -9.06. The van der Waals surface area contributed by atoms with Gasteiger partial charge in [-0.1, -0.05) is 168 Å². The smallest absolute Gasteiger partial charge is 0.200 e. The van der Waals surface area contributed by atoms with E-state index in [1.807, 2.05) is 207 Å². The lowest BCUT2D eigenvalue weighted by Crippen LogP contribution is -2.08. The Morgan fingerprint density at radius 2 is 0.548 bits per heavy atom. The van der Waals surface area contributed by atoms with Crippen LogP contribution in [0.3, 0.4) is 0 Å². The van der Waals surface area contributed by atoms with E-state index in [1.165, 1.54) is 12.1 Å². The van der Waals surface area contributed by atoms with E-state index in [2.05, 4.69) is 6.07 Å². The minimum absolute atomic E-state index is 0.0909. The zero-order valence-electron chi connectivity index (χ0n) is 40.1. The fourth-order valence-corrected chi connectivity index (χ4v) is 10.3. The van der Waals surface area contributed by atoms with Crippen LogP contribution in [0.25, 0.3) is 111 Å². The van der Waals surface area contributed by atoms with Gasteiger partial charge < -0.3 is 9.13 Å². The Balaban J connectivity index is 1.25. The number of hydrogen-bond acceptors (Lipinski definition) is 1. The zero-order valence-corrected chi connectivity index (χ0v) is 40.1. The second kappa shape index (κ2) is 17.4. The van der Waals surface area contributed by atoms with Crippen LogP contribution in [0.5, 0.6) is 0 Å². The molecule has 0 aliphatic heterocycles. The number of fused-ring (bicyclic) bond motifs is 6. The third-order valence-electron chi connectivity index (χ3n) is 14.3. The normalized spacial score (nSPS) is 11.6. The summed E-state index contributed by atoms with van der Waals surface area (Å²) in [6.45, 7) is 8.05. The number of nitrogens with zero attached hydrogens (tertiary/aromatic N) is 3. The lowest BCUT2D eigenvalue weighted by Gasteiger charge is -2.20. The molecule has 0 N–H and O–H groups in total. The first-order chi connectivity index (χ1) is 35.3. The molecular formula is C65H42F5N3. The molecule has 0 radical (unpaired) electrons. The van der Waals surface area contributed by atoms with Gasteiger partial charge in [-0.3, -0.25) is 0 Å². The molecule has 0 atom stereocenters. The number of nitriles is 1. The highest BCUT2D eigenvalue weighted by molar-refractivity contribution is 6.13. The summed E-state index contributed by atoms with van der Waals surface area (Å²) in [5.41, 5.74) is 13.1. The van der Waals surface area contributed by atoms with E-state index in [1.54, 1.807) is 0 Å². The van der Waals surface area contributed by atoms with Crippen molar-refractivity contribution in [1.29, 1.82) is 5.26 Å². The highest BCUT2D eigenvalue weighted by Gasteiger charge is 2.30. The predicted molar refractivity (Wildman–Crippen MR) is 286 cm³/mol. The highest BCUT2D eigenvalue weighted by atomic mass is 19.2. The summed E-state index contributed by atoms with van der Waals surface area (Å²) < 4.78 is 82.8. The quantitative estimate of drug-likeness (QED) is 0.0890. The Bertz CT molecular complexity index is 3800. The van der Waals surface area contributed by atoms with Crippen LogP contribution in [-0.4, -0.2) is 9.13 Å². The van der Waals surface area contributed by atoms with Crippen molar-refractivity contribution in [2.75, 3.05) is 0 Å². The van der Waals surface area contributed by atoms with Crippen LogP contribution < -0.4 is 0 Å². The van der Waals surface area contributed by atoms with Crippen molar-refractivity contribution >= 4 is 43.6 Å². The van der Waals surface area contributed by atoms with E-state index in [-0.39, 0.29) is 22.5 Å². The molecule has 12 rings (SSSR count). The standard InChI is InChI=1S/C65H42F5N3/c1-36-5-13-40(14-6-36)44-21-25-49-50-26-22-45(41-15-7-37(2)8-16-41)30-55(50)72(54(49)29-44)58-33-48(60-61(66)63(68)65(70)64(69)62(60)67)34-59(53(58)35-71)73-56-31-46(42-17-9-38(3)10-18-42)23-27-51(56)52-28-24-47(32-57(52)73)43-19-11-39(4)12-20-43/h5-34H,1-4H3. The average molecular weight is 960 g/mol. The topological polar surface area (TPSA) is 33.6 Å². The maximum atomic E-state index is 16.5. The van der Waals surface area contributed by atoms with Gasteiger partial charge in [-0.05, 0) is 114 Å². The number of aryl methyl sites for hydroxylation is 4. The molecule has 10 aromatic carbocycles. The molecule has 73 heavy (non-hydrogen) atoms. The molecule has 2 heterocycles. The van der Waals surface area contributed by atoms with Gasteiger partial charge in [0.1, 0.15) is 11.6 Å². The molecule has 0 aliphatic carbocycles. The number of benzene rings is 10. The van der Waals surface area contributed by atoms with Crippen LogP contribution in [0.15, 0.2) is 182 Å². The predicted octanol–water partition coefficient (Wildman–Crippen LogP) is 18.0. The van der Waals surface area contributed by atoms with Crippen LogP contribution in [0.2, 0.25) is 0 Å². The van der Waals surface area contributed by atoms with Crippen molar-refractivity contribution in [3.8, 4) is 73.1 Å². The Morgan fingerprint density at radius 3 is 0.808 bits per heavy atom. The van der Waals surface area contributed by atoms with E-state index in [0.29, 0.717) is 22.1 Å². The van der Waals surface area contributed by atoms with Gasteiger partial charge in [0, 0.05) is 21.5 Å². The number of hydrogen-bond donors (Lipinski definition) is 0. The molecule has 0 aliphatic rings. The summed E-state index contributed by atoms with van der Waals surface area (Å²) in [7, 11) is 0. The van der Waals surface area contributed by atoms with E-state index in [4.69, 9.17) is 0 Å². The van der Waals surface area contributed by atoms with Gasteiger partial charge in [-0.25, -0.2) is 22.0 Å². The Morgan fingerprint density at radius 1 is 0.301 bits per heavy atom. The van der Waals surface area contributed by atoms with Gasteiger partial charge in [0.05, 0.1) is 39.0 Å². The molecular weight excluding hydrogens is 918 g/mol. The van der Waals surface area contributed by atoms with Crippen molar-refractivity contribution in [2.45, 2.75) is 27.7 Å². The molecule has 0 amide bonds. The highest BCUT2D eigenvalue weighted by Crippen LogP contribution is 2.44. The minimum atomic E-state index is -2.27. The lowest BCUT2D eigenvalue weighted by atomic mass is 9.98. The van der Waals surface area contributed by atoms with E-state index in [0.717, 1.165) is 88.3 Å². The summed E-state index contributed by atoms with van der Waals surface area (Å²) in [4.78, 5) is 0. The van der Waals surface area contributed by atoms with Crippen molar-refractivity contribution in [3.05, 3.63) is 239 Å². The van der Waals surface area contributed by atoms with E-state index >= 15 is 17.6 Å². The van der Waals surface area contributed by atoms with Crippen LogP contribution >= 0.6 is 0 Å². The average Bonchev–Trinajstić information content (AvgIpc) is 3.91. The van der Waals surface area contributed by atoms with E-state index < -0.39 is 34.6 Å². The van der Waals surface area contributed by atoms with E-state index in [9.17, 15) is 9.65 Å². The molecule has 0 spiro atoms. The minimum Gasteiger partial charge on any atom is -0.308 e. The van der Waals surface area contributed by atoms with Crippen molar-refractivity contribution in [1.82, 2.24) is 9.13 Å². The summed E-state index contributed by atoms with van der Waals surface area (Å²) in [6.07, 6.45) is 0. The zero-order chi connectivity index (χ0) is 50.4. The maximum absolute atomic E-state index is 16.5. The SMILES string of the molecule is Cc1ccc(-c2ccc3c4ccc(-c5ccc(C)cc5)cc4n(-c4cc(-c5c(F)c(F)c(F)c(F)c5F)cc(-n5c6cc(-c7ccc(C)cc7)ccc6c6ccc(-c7ccc(C)cc7)cc65)c4C#N)c3c2)cc1. The monoisotopic (exact) mass is 959 g/mol. The van der Waals surface area contributed by atoms with Gasteiger partial charge >= 0.3 is 0 Å². The van der Waals surface area contributed by atoms with Gasteiger partial charge in [0.15, 0.2) is 23.3 Å². The van der Waals surface area contributed by atoms with Gasteiger partial charge in [0.2, 0.25) is 5.82 Å². The molecule has 12 aromatic rings. The first-order valence-electron chi connectivity index (χ1n) is 23.9. The molecule has 8 heteroatoms. The third kappa shape index (κ3) is 7.47. The fourth-order valence-electron chi connectivity index (χ4n) is 10.3. The molecule has 0 saturated carbocycles. The van der Waals surface area contributed by atoms with Crippen LogP contribution in [0.1, 0.15) is 27.8 Å². The number of rotatable bonds is 7. The molecule has 0 unspecified atom stereocenters. The molecule has 0 saturated heterocycles. The summed E-state index contributed by atoms with van der Waals surface area (Å²) in [5, 5.41) is 15.1. The Labute approximate surface area is 417 Å². The molecule has 352 valence electrons. The summed E-state index contributed by atoms with van der Waals surface area (Å²) in [5.74, 6) is -10.4. The molecule has 3 nitrogen and oxygen atoms in total. The van der Waals surface area contributed by atoms with Crippen LogP contribution in [0.4, 0.5) is 22.0 Å². The Kier molecular flexibility index (Phi) is 10.7. The summed E-state index contributed by atoms with van der Waals surface area (Å²) >= 11 is 0. The van der Waals surface area contributed by atoms with Gasteiger partial charge in [0.25, 0.3) is 0 Å². The van der Waals surface area contributed by atoms with Gasteiger partial charge in [-0.2, -0.15) is 5.26 Å². The molecule has 2 aromatic heterocycles. The second-order valence-electron chi connectivity index (χ2n) is 19.0. The first kappa shape index (κ1) is 45.1. The fraction of sp³-hybridized carbons (Fsp3) is 0.0615. The molecule has 0 fully saturated rings. The summed E-state index contributed by atoms with van der Waals surface area (Å²) in [6, 6.07) is 61.9. The number of aromatic nitrogens is 2. The van der Waals surface area contributed by atoms with Crippen molar-refractivity contribution in [2.24, 2.45) is 0 Å². The van der Waals surface area contributed by atoms with Crippen LogP contribution in [0, 0.1) is 68.1 Å². The largest absolute Gasteiger partial charge is 0.308 e. The second-order valence-corrected chi connectivity index (χ2v) is 19.0. The van der Waals surface area contributed by atoms with Crippen molar-refractivity contribution in [3.63, 3.8) is 0 Å². The van der Waals surface area contributed by atoms with Crippen LogP contribution in [-0.2, 0) is 0 Å². The van der Waals surface area contributed by atoms with Crippen molar-refractivity contribution < 1.29 is 22.0 Å². The third-order valence-corrected chi connectivity index (χ3v) is 14.3. The lowest BCUT2D eigenvalue weighted by molar-refractivity contribution is 0.381. The molecule has 0 bridgehead atoms.